The summed E-state index contributed by atoms with van der Waals surface area (Å²) in [6.07, 6.45) is 2.91. The predicted octanol–water partition coefficient (Wildman–Crippen LogP) is 0.201. The Morgan fingerprint density at radius 2 is 2.18 bits per heavy atom. The van der Waals surface area contributed by atoms with Crippen LogP contribution in [-0.4, -0.2) is 38.3 Å². The van der Waals surface area contributed by atoms with Crippen LogP contribution in [0.3, 0.4) is 0 Å². The van der Waals surface area contributed by atoms with Crippen molar-refractivity contribution < 1.29 is 13.2 Å². The van der Waals surface area contributed by atoms with E-state index >= 15 is 0 Å². The largest absolute Gasteiger partial charge is 0.349 e. The van der Waals surface area contributed by atoms with Gasteiger partial charge in [-0.2, -0.15) is 0 Å². The number of carbonyl (C=O) groups excluding carboxylic acids is 1. The molecule has 0 spiro atoms. The zero-order valence-electron chi connectivity index (χ0n) is 9.71. The summed E-state index contributed by atoms with van der Waals surface area (Å²) < 4.78 is 22.1. The average molecular weight is 277 g/mol. The molecule has 1 heterocycles. The summed E-state index contributed by atoms with van der Waals surface area (Å²) in [7, 11) is -0.257. The predicted molar refractivity (Wildman–Crippen MR) is 65.1 cm³/mol. The minimum Gasteiger partial charge on any atom is -0.349 e. The number of primary sulfonamides is 1. The Bertz CT molecular complexity index is 493. The summed E-state index contributed by atoms with van der Waals surface area (Å²) in [5, 5.41) is 5.65. The van der Waals surface area contributed by atoms with Gasteiger partial charge in [0.05, 0.1) is 11.2 Å². The molecule has 0 fully saturated rings. The third kappa shape index (κ3) is 4.41. The number of sulfonamides is 1. The first-order valence-corrected chi connectivity index (χ1v) is 7.34. The lowest BCUT2D eigenvalue weighted by Gasteiger charge is -2.08. The van der Waals surface area contributed by atoms with Gasteiger partial charge < -0.3 is 4.90 Å². The highest BCUT2D eigenvalue weighted by molar-refractivity contribution is 7.91. The van der Waals surface area contributed by atoms with Gasteiger partial charge in [-0.15, -0.1) is 11.3 Å². The third-order valence-corrected chi connectivity index (χ3v) is 4.56. The van der Waals surface area contributed by atoms with Gasteiger partial charge in [-0.25, -0.2) is 18.5 Å². The fraction of sp³-hybridized carbons (Fsp3) is 0.556. The van der Waals surface area contributed by atoms with Crippen molar-refractivity contribution in [2.75, 3.05) is 14.1 Å². The number of hydrogen-bond donors (Lipinski definition) is 1. The summed E-state index contributed by atoms with van der Waals surface area (Å²) in [4.78, 5) is 16.8. The number of amides is 1. The normalized spacial score (nSPS) is 11.5. The molecule has 0 aliphatic rings. The van der Waals surface area contributed by atoms with Gasteiger partial charge in [0.15, 0.2) is 4.21 Å². The molecule has 0 saturated carbocycles. The van der Waals surface area contributed by atoms with Gasteiger partial charge in [0, 0.05) is 20.5 Å². The zero-order chi connectivity index (χ0) is 13.1. The van der Waals surface area contributed by atoms with Gasteiger partial charge in [0.1, 0.15) is 0 Å². The van der Waals surface area contributed by atoms with Gasteiger partial charge in [0.2, 0.25) is 15.9 Å². The van der Waals surface area contributed by atoms with Crippen molar-refractivity contribution in [3.8, 4) is 0 Å². The van der Waals surface area contributed by atoms with E-state index in [9.17, 15) is 13.2 Å². The lowest BCUT2D eigenvalue weighted by atomic mass is 10.2. The number of nitrogens with zero attached hydrogens (tertiary/aromatic N) is 2. The van der Waals surface area contributed by atoms with E-state index in [1.807, 2.05) is 0 Å². The first kappa shape index (κ1) is 14.1. The number of rotatable bonds is 5. The molecule has 0 aromatic carbocycles. The molecule has 0 saturated heterocycles. The Morgan fingerprint density at radius 3 is 2.65 bits per heavy atom. The molecule has 96 valence electrons. The molecule has 0 radical (unpaired) electrons. The maximum Gasteiger partial charge on any atom is 0.249 e. The van der Waals surface area contributed by atoms with E-state index in [1.54, 1.807) is 14.1 Å². The maximum absolute atomic E-state index is 11.3. The Morgan fingerprint density at radius 1 is 1.53 bits per heavy atom. The van der Waals surface area contributed by atoms with Crippen LogP contribution in [0.5, 0.6) is 0 Å². The van der Waals surface area contributed by atoms with Crippen molar-refractivity contribution in [3.05, 3.63) is 11.2 Å². The van der Waals surface area contributed by atoms with Crippen LogP contribution < -0.4 is 5.14 Å². The van der Waals surface area contributed by atoms with Crippen LogP contribution in [-0.2, 0) is 21.2 Å². The summed E-state index contributed by atoms with van der Waals surface area (Å²) in [5.74, 6) is 0.0493. The molecule has 2 N–H and O–H groups in total. The number of thiazole rings is 1. The molecule has 8 heteroatoms. The first-order valence-electron chi connectivity index (χ1n) is 4.98. The number of hydrogen-bond acceptors (Lipinski definition) is 5. The molecule has 0 bridgehead atoms. The second kappa shape index (κ2) is 5.56. The Kier molecular flexibility index (Phi) is 4.61. The molecule has 1 amide bonds. The topological polar surface area (TPSA) is 93.4 Å². The Labute approximate surface area is 105 Å². The lowest BCUT2D eigenvalue weighted by molar-refractivity contribution is -0.128. The molecule has 0 unspecified atom stereocenters. The van der Waals surface area contributed by atoms with Crippen molar-refractivity contribution in [1.29, 1.82) is 0 Å². The van der Waals surface area contributed by atoms with Crippen LogP contribution in [0.1, 0.15) is 17.8 Å². The van der Waals surface area contributed by atoms with Gasteiger partial charge in [-0.1, -0.05) is 0 Å². The number of carbonyl (C=O) groups is 1. The van der Waals surface area contributed by atoms with Crippen LogP contribution in [0.2, 0.25) is 0 Å². The van der Waals surface area contributed by atoms with Gasteiger partial charge in [0.25, 0.3) is 0 Å². The van der Waals surface area contributed by atoms with Crippen molar-refractivity contribution in [2.24, 2.45) is 5.14 Å². The molecule has 1 rings (SSSR count). The second-order valence-electron chi connectivity index (χ2n) is 3.76. The van der Waals surface area contributed by atoms with E-state index < -0.39 is 10.0 Å². The summed E-state index contributed by atoms with van der Waals surface area (Å²) in [6.45, 7) is 0. The smallest absolute Gasteiger partial charge is 0.249 e. The maximum atomic E-state index is 11.3. The van der Waals surface area contributed by atoms with Gasteiger partial charge in [-0.3, -0.25) is 4.79 Å². The van der Waals surface area contributed by atoms with E-state index in [1.165, 1.54) is 11.1 Å². The molecule has 1 aromatic heterocycles. The van der Waals surface area contributed by atoms with Crippen LogP contribution in [0.15, 0.2) is 10.4 Å². The fourth-order valence-corrected chi connectivity index (χ4v) is 2.80. The molecular formula is C9H15N3O3S2. The highest BCUT2D eigenvalue weighted by atomic mass is 32.2. The Hall–Kier alpha value is -0.990. The summed E-state index contributed by atoms with van der Waals surface area (Å²) in [5.41, 5.74) is 0. The van der Waals surface area contributed by atoms with Gasteiger partial charge in [-0.05, 0) is 12.8 Å². The molecule has 0 atom stereocenters. The highest BCUT2D eigenvalue weighted by Gasteiger charge is 2.12. The minimum atomic E-state index is -3.66. The molecule has 0 aliphatic heterocycles. The standard InChI is InChI=1S/C9H15N3O3S2/c1-12(2)8(13)5-3-4-7-11-6-9(16-7)17(10,14)15/h6H,3-5H2,1-2H3,(H2,10,14,15). The summed E-state index contributed by atoms with van der Waals surface area (Å²) in [6, 6.07) is 0. The van der Waals surface area contributed by atoms with Gasteiger partial charge >= 0.3 is 0 Å². The van der Waals surface area contributed by atoms with Crippen molar-refractivity contribution in [2.45, 2.75) is 23.5 Å². The van der Waals surface area contributed by atoms with Crippen LogP contribution in [0, 0.1) is 0 Å². The Balaban J connectivity index is 2.49. The van der Waals surface area contributed by atoms with Crippen LogP contribution in [0.25, 0.3) is 0 Å². The average Bonchev–Trinajstić information content (AvgIpc) is 2.65. The fourth-order valence-electron chi connectivity index (χ4n) is 1.16. The van der Waals surface area contributed by atoms with E-state index in [0.29, 0.717) is 24.3 Å². The zero-order valence-corrected chi connectivity index (χ0v) is 11.3. The second-order valence-corrected chi connectivity index (χ2v) is 6.66. The van der Waals surface area contributed by atoms with Crippen LogP contribution in [0.4, 0.5) is 0 Å². The number of aryl methyl sites for hydroxylation is 1. The molecule has 6 nitrogen and oxygen atoms in total. The monoisotopic (exact) mass is 277 g/mol. The molecule has 0 aliphatic carbocycles. The van der Waals surface area contributed by atoms with E-state index in [2.05, 4.69) is 4.98 Å². The van der Waals surface area contributed by atoms with E-state index in [0.717, 1.165) is 11.3 Å². The SMILES string of the molecule is CN(C)C(=O)CCCc1ncc(S(N)(=O)=O)s1. The minimum absolute atomic E-state index is 0.0493. The summed E-state index contributed by atoms with van der Waals surface area (Å²) >= 11 is 1.05. The first-order chi connectivity index (χ1) is 7.80. The van der Waals surface area contributed by atoms with Crippen molar-refractivity contribution in [3.63, 3.8) is 0 Å². The van der Waals surface area contributed by atoms with Crippen LogP contribution >= 0.6 is 11.3 Å². The molecule has 1 aromatic rings. The van der Waals surface area contributed by atoms with E-state index in [-0.39, 0.29) is 10.1 Å². The number of aromatic nitrogens is 1. The van der Waals surface area contributed by atoms with Crippen molar-refractivity contribution >= 4 is 27.3 Å². The molecule has 17 heavy (non-hydrogen) atoms. The quantitative estimate of drug-likeness (QED) is 0.832. The number of nitrogens with two attached hydrogens (primary N) is 1. The lowest BCUT2D eigenvalue weighted by Crippen LogP contribution is -2.21. The highest BCUT2D eigenvalue weighted by Crippen LogP contribution is 2.18. The van der Waals surface area contributed by atoms with E-state index in [4.69, 9.17) is 5.14 Å². The van der Waals surface area contributed by atoms with Crippen molar-refractivity contribution in [1.82, 2.24) is 9.88 Å². The molecular weight excluding hydrogens is 262 g/mol. The third-order valence-electron chi connectivity index (χ3n) is 2.09.